The van der Waals surface area contributed by atoms with E-state index in [1.807, 2.05) is 32.0 Å². The molecule has 1 aliphatic heterocycles. The highest BCUT2D eigenvalue weighted by atomic mass is 127. The first-order valence-corrected chi connectivity index (χ1v) is 10.4. The molecule has 3 rings (SSSR count). The minimum Gasteiger partial charge on any atom is -0.492 e. The number of hydrogen-bond donors (Lipinski definition) is 3. The Hall–Kier alpha value is -1.88. The second-order valence-electron chi connectivity index (χ2n) is 6.59. The second-order valence-corrected chi connectivity index (χ2v) is 7.87. The van der Waals surface area contributed by atoms with Gasteiger partial charge in [-0.25, -0.2) is 9.98 Å². The number of aromatic nitrogens is 1. The van der Waals surface area contributed by atoms with Crippen molar-refractivity contribution < 1.29 is 9.53 Å². The van der Waals surface area contributed by atoms with E-state index in [1.165, 1.54) is 4.88 Å². The molecule has 1 aromatic carbocycles. The Bertz CT molecular complexity index is 849. The van der Waals surface area contributed by atoms with E-state index in [0.29, 0.717) is 26.1 Å². The van der Waals surface area contributed by atoms with Crippen LogP contribution in [-0.2, 0) is 17.8 Å². The molecule has 1 amide bonds. The minimum atomic E-state index is 0. The van der Waals surface area contributed by atoms with Gasteiger partial charge in [-0.3, -0.25) is 4.79 Å². The third-order valence-electron chi connectivity index (χ3n) is 4.42. The number of benzene rings is 1. The third-order valence-corrected chi connectivity index (χ3v) is 5.48. The quantitative estimate of drug-likeness (QED) is 0.222. The highest BCUT2D eigenvalue weighted by Crippen LogP contribution is 2.26. The molecule has 0 radical (unpaired) electrons. The van der Waals surface area contributed by atoms with Crippen molar-refractivity contribution in [3.8, 4) is 5.75 Å². The molecule has 2 heterocycles. The molecule has 0 atom stereocenters. The van der Waals surface area contributed by atoms with Crippen LogP contribution in [0.5, 0.6) is 5.75 Å². The van der Waals surface area contributed by atoms with Gasteiger partial charge in [0.2, 0.25) is 5.91 Å². The van der Waals surface area contributed by atoms with Crippen LogP contribution in [0.15, 0.2) is 23.2 Å². The number of aryl methyl sites for hydroxylation is 3. The highest BCUT2D eigenvalue weighted by molar-refractivity contribution is 14.0. The average Bonchev–Trinajstić information content (AvgIpc) is 3.00. The number of carbonyl (C=O) groups is 1. The van der Waals surface area contributed by atoms with Crippen LogP contribution in [0.4, 0.5) is 5.69 Å². The predicted molar refractivity (Wildman–Crippen MR) is 129 cm³/mol. The molecule has 2 aromatic rings. The SMILES string of the molecule is CCNC(=NCc1nc(C)c(C)s1)NCCOc1ccc2c(c1)CCC(=O)N2.I. The minimum absolute atomic E-state index is 0. The monoisotopic (exact) mass is 529 g/mol. The fourth-order valence-corrected chi connectivity index (χ4v) is 3.74. The number of hydrogen-bond acceptors (Lipinski definition) is 5. The van der Waals surface area contributed by atoms with Crippen molar-refractivity contribution >= 4 is 52.9 Å². The predicted octanol–water partition coefficient (Wildman–Crippen LogP) is 3.40. The molecular weight excluding hydrogens is 501 g/mol. The van der Waals surface area contributed by atoms with E-state index in [0.717, 1.165) is 46.6 Å². The Kier molecular flexibility index (Phi) is 9.15. The van der Waals surface area contributed by atoms with Gasteiger partial charge in [0.05, 0.1) is 18.8 Å². The molecule has 7 nitrogen and oxygen atoms in total. The summed E-state index contributed by atoms with van der Waals surface area (Å²) in [6.45, 7) is 8.65. The summed E-state index contributed by atoms with van der Waals surface area (Å²) < 4.78 is 5.84. The van der Waals surface area contributed by atoms with Gasteiger partial charge in [0.1, 0.15) is 17.4 Å². The van der Waals surface area contributed by atoms with Crippen LogP contribution in [-0.4, -0.2) is 36.5 Å². The molecule has 0 unspecified atom stereocenters. The summed E-state index contributed by atoms with van der Waals surface area (Å²) in [7, 11) is 0. The van der Waals surface area contributed by atoms with Gasteiger partial charge >= 0.3 is 0 Å². The number of rotatable bonds is 7. The summed E-state index contributed by atoms with van der Waals surface area (Å²) in [6, 6.07) is 5.79. The second kappa shape index (κ2) is 11.3. The Morgan fingerprint density at radius 1 is 1.31 bits per heavy atom. The first-order valence-electron chi connectivity index (χ1n) is 9.56. The number of nitrogens with one attached hydrogen (secondary N) is 3. The van der Waals surface area contributed by atoms with Crippen LogP contribution in [0.2, 0.25) is 0 Å². The van der Waals surface area contributed by atoms with E-state index in [1.54, 1.807) is 11.3 Å². The van der Waals surface area contributed by atoms with Gasteiger partial charge in [0, 0.05) is 23.5 Å². The normalized spacial score (nSPS) is 13.2. The molecular formula is C20H28IN5O2S. The van der Waals surface area contributed by atoms with Crippen molar-refractivity contribution in [1.29, 1.82) is 0 Å². The van der Waals surface area contributed by atoms with Crippen LogP contribution in [0, 0.1) is 13.8 Å². The molecule has 29 heavy (non-hydrogen) atoms. The van der Waals surface area contributed by atoms with E-state index >= 15 is 0 Å². The number of ether oxygens (including phenoxy) is 1. The summed E-state index contributed by atoms with van der Waals surface area (Å²) in [6.07, 6.45) is 1.28. The fraction of sp³-hybridized carbons (Fsp3) is 0.450. The molecule has 1 aliphatic rings. The maximum Gasteiger partial charge on any atom is 0.224 e. The van der Waals surface area contributed by atoms with Gasteiger partial charge in [-0.15, -0.1) is 35.3 Å². The van der Waals surface area contributed by atoms with Gasteiger partial charge in [0.25, 0.3) is 0 Å². The van der Waals surface area contributed by atoms with E-state index in [9.17, 15) is 4.79 Å². The Labute approximate surface area is 192 Å². The molecule has 0 fully saturated rings. The summed E-state index contributed by atoms with van der Waals surface area (Å²) in [5, 5.41) is 10.4. The molecule has 0 saturated carbocycles. The lowest BCUT2D eigenvalue weighted by Crippen LogP contribution is -2.39. The molecule has 0 spiro atoms. The van der Waals surface area contributed by atoms with E-state index in [4.69, 9.17) is 4.74 Å². The molecule has 1 aromatic heterocycles. The van der Waals surface area contributed by atoms with Gasteiger partial charge in [-0.05, 0) is 51.0 Å². The zero-order chi connectivity index (χ0) is 19.9. The largest absolute Gasteiger partial charge is 0.492 e. The van der Waals surface area contributed by atoms with E-state index in [-0.39, 0.29) is 29.9 Å². The fourth-order valence-electron chi connectivity index (χ4n) is 2.88. The molecule has 158 valence electrons. The Morgan fingerprint density at radius 3 is 2.86 bits per heavy atom. The summed E-state index contributed by atoms with van der Waals surface area (Å²) >= 11 is 1.69. The van der Waals surface area contributed by atoms with Crippen molar-refractivity contribution in [2.75, 3.05) is 25.0 Å². The molecule has 3 N–H and O–H groups in total. The standard InChI is InChI=1S/C20H27N5O2S.HI/c1-4-21-20(23-12-19-24-13(2)14(3)28-19)22-9-10-27-16-6-7-17-15(11-16)5-8-18(26)25-17;/h6-7,11H,4-5,8-10,12H2,1-3H3,(H,25,26)(H2,21,22,23);1H. The van der Waals surface area contributed by atoms with Crippen molar-refractivity contribution in [2.45, 2.75) is 40.2 Å². The summed E-state index contributed by atoms with van der Waals surface area (Å²) in [4.78, 5) is 21.8. The zero-order valence-electron chi connectivity index (χ0n) is 17.0. The number of guanidine groups is 1. The molecule has 9 heteroatoms. The lowest BCUT2D eigenvalue weighted by Gasteiger charge is -2.18. The van der Waals surface area contributed by atoms with Crippen LogP contribution < -0.4 is 20.7 Å². The van der Waals surface area contributed by atoms with Gasteiger partial charge in [-0.2, -0.15) is 0 Å². The molecule has 0 bridgehead atoms. The number of thiazole rings is 1. The molecule has 0 saturated heterocycles. The highest BCUT2D eigenvalue weighted by Gasteiger charge is 2.15. The number of fused-ring (bicyclic) bond motifs is 1. The zero-order valence-corrected chi connectivity index (χ0v) is 20.1. The lowest BCUT2D eigenvalue weighted by molar-refractivity contribution is -0.116. The van der Waals surface area contributed by atoms with Crippen LogP contribution in [0.25, 0.3) is 0 Å². The first-order chi connectivity index (χ1) is 13.5. The lowest BCUT2D eigenvalue weighted by atomic mass is 10.0. The summed E-state index contributed by atoms with van der Waals surface area (Å²) in [5.74, 6) is 1.64. The maximum absolute atomic E-state index is 11.4. The van der Waals surface area contributed by atoms with Crippen LogP contribution in [0.1, 0.15) is 34.5 Å². The van der Waals surface area contributed by atoms with Crippen molar-refractivity contribution in [3.05, 3.63) is 39.3 Å². The van der Waals surface area contributed by atoms with E-state index in [2.05, 4.69) is 32.9 Å². The van der Waals surface area contributed by atoms with E-state index < -0.39 is 0 Å². The van der Waals surface area contributed by atoms with Crippen LogP contribution in [0.3, 0.4) is 0 Å². The van der Waals surface area contributed by atoms with Crippen molar-refractivity contribution in [2.24, 2.45) is 4.99 Å². The van der Waals surface area contributed by atoms with Crippen molar-refractivity contribution in [1.82, 2.24) is 15.6 Å². The Morgan fingerprint density at radius 2 is 2.14 bits per heavy atom. The summed E-state index contributed by atoms with van der Waals surface area (Å²) in [5.41, 5.74) is 3.08. The van der Waals surface area contributed by atoms with Crippen molar-refractivity contribution in [3.63, 3.8) is 0 Å². The number of nitrogens with zero attached hydrogens (tertiary/aromatic N) is 2. The number of aliphatic imine (C=N–C) groups is 1. The maximum atomic E-state index is 11.4. The number of halogens is 1. The van der Waals surface area contributed by atoms with Gasteiger partial charge in [-0.1, -0.05) is 0 Å². The average molecular weight is 529 g/mol. The first kappa shape index (κ1) is 23.4. The topological polar surface area (TPSA) is 87.6 Å². The number of carbonyl (C=O) groups excluding carboxylic acids is 1. The molecule has 0 aliphatic carbocycles. The number of anilines is 1. The third kappa shape index (κ3) is 6.84. The van der Waals surface area contributed by atoms with Crippen LogP contribution >= 0.6 is 35.3 Å². The Balaban J connectivity index is 0.00000300. The van der Waals surface area contributed by atoms with Gasteiger partial charge in [0.15, 0.2) is 5.96 Å². The van der Waals surface area contributed by atoms with Gasteiger partial charge < -0.3 is 20.7 Å². The number of amides is 1. The smallest absolute Gasteiger partial charge is 0.224 e.